The van der Waals surface area contributed by atoms with Gasteiger partial charge in [0.15, 0.2) is 0 Å². The summed E-state index contributed by atoms with van der Waals surface area (Å²) in [5.41, 5.74) is 2.85. The van der Waals surface area contributed by atoms with Gasteiger partial charge in [0.25, 0.3) is 0 Å². The van der Waals surface area contributed by atoms with Crippen LogP contribution < -0.4 is 5.32 Å². The molecule has 0 saturated heterocycles. The molecule has 0 aliphatic carbocycles. The van der Waals surface area contributed by atoms with Gasteiger partial charge in [0.1, 0.15) is 0 Å². The van der Waals surface area contributed by atoms with Crippen LogP contribution in [-0.4, -0.2) is 16.3 Å². The van der Waals surface area contributed by atoms with Gasteiger partial charge < -0.3 is 5.32 Å². The van der Waals surface area contributed by atoms with Gasteiger partial charge in [-0.2, -0.15) is 0 Å². The Labute approximate surface area is 132 Å². The fourth-order valence-corrected chi connectivity index (χ4v) is 2.81. The van der Waals surface area contributed by atoms with Gasteiger partial charge in [-0.15, -0.1) is 11.8 Å². The van der Waals surface area contributed by atoms with Gasteiger partial charge in [-0.1, -0.05) is 12.1 Å². The summed E-state index contributed by atoms with van der Waals surface area (Å²) < 4.78 is 0. The SMILES string of the molecule is CC(C)(C)NCc1ccc(SCCc2ccncc2)cc1. The molecule has 1 aromatic carbocycles. The predicted molar refractivity (Wildman–Crippen MR) is 91.7 cm³/mol. The van der Waals surface area contributed by atoms with Crippen molar-refractivity contribution < 1.29 is 0 Å². The normalized spacial score (nSPS) is 11.6. The molecule has 1 heterocycles. The summed E-state index contributed by atoms with van der Waals surface area (Å²) in [4.78, 5) is 5.38. The first kappa shape index (κ1) is 16.1. The molecule has 3 heteroatoms. The van der Waals surface area contributed by atoms with Crippen LogP contribution in [0.2, 0.25) is 0 Å². The lowest BCUT2D eigenvalue weighted by Crippen LogP contribution is -2.35. The van der Waals surface area contributed by atoms with E-state index in [-0.39, 0.29) is 5.54 Å². The van der Waals surface area contributed by atoms with Crippen molar-refractivity contribution in [1.29, 1.82) is 0 Å². The van der Waals surface area contributed by atoms with Gasteiger partial charge in [-0.3, -0.25) is 4.98 Å². The largest absolute Gasteiger partial charge is 0.308 e. The minimum absolute atomic E-state index is 0.165. The first-order valence-corrected chi connectivity index (χ1v) is 8.37. The third-order valence-electron chi connectivity index (χ3n) is 3.16. The van der Waals surface area contributed by atoms with Crippen LogP contribution in [0.15, 0.2) is 53.7 Å². The molecule has 0 aliphatic rings. The van der Waals surface area contributed by atoms with E-state index < -0.39 is 0 Å². The maximum atomic E-state index is 4.04. The van der Waals surface area contributed by atoms with Crippen molar-refractivity contribution in [1.82, 2.24) is 10.3 Å². The number of nitrogens with one attached hydrogen (secondary N) is 1. The molecule has 2 rings (SSSR count). The second kappa shape index (κ2) is 7.62. The molecule has 0 atom stereocenters. The van der Waals surface area contributed by atoms with E-state index in [1.54, 1.807) is 0 Å². The Hall–Kier alpha value is -1.32. The monoisotopic (exact) mass is 300 g/mol. The second-order valence-corrected chi connectivity index (χ2v) is 7.37. The fourth-order valence-electron chi connectivity index (χ4n) is 1.91. The number of thioether (sulfide) groups is 1. The van der Waals surface area contributed by atoms with Gasteiger partial charge in [-0.05, 0) is 62.6 Å². The van der Waals surface area contributed by atoms with Gasteiger partial charge in [0.2, 0.25) is 0 Å². The lowest BCUT2D eigenvalue weighted by molar-refractivity contribution is 0.424. The molecule has 2 nitrogen and oxygen atoms in total. The number of rotatable bonds is 6. The van der Waals surface area contributed by atoms with Crippen LogP contribution in [0.3, 0.4) is 0 Å². The van der Waals surface area contributed by atoms with Crippen LogP contribution >= 0.6 is 11.8 Å². The summed E-state index contributed by atoms with van der Waals surface area (Å²) >= 11 is 1.91. The Morgan fingerprint density at radius 1 is 0.952 bits per heavy atom. The van der Waals surface area contributed by atoms with Gasteiger partial charge in [-0.25, -0.2) is 0 Å². The Bertz CT molecular complexity index is 529. The molecule has 0 spiro atoms. The van der Waals surface area contributed by atoms with Crippen LogP contribution in [0, 0.1) is 0 Å². The summed E-state index contributed by atoms with van der Waals surface area (Å²) in [7, 11) is 0. The summed E-state index contributed by atoms with van der Waals surface area (Å²) in [6.45, 7) is 7.49. The second-order valence-electron chi connectivity index (χ2n) is 6.20. The quantitative estimate of drug-likeness (QED) is 0.805. The molecule has 21 heavy (non-hydrogen) atoms. The molecule has 0 bridgehead atoms. The molecule has 2 aromatic rings. The molecular weight excluding hydrogens is 276 g/mol. The third-order valence-corrected chi connectivity index (χ3v) is 4.17. The Morgan fingerprint density at radius 3 is 2.24 bits per heavy atom. The van der Waals surface area contributed by atoms with Crippen LogP contribution in [-0.2, 0) is 13.0 Å². The van der Waals surface area contributed by atoms with Gasteiger partial charge >= 0.3 is 0 Å². The highest BCUT2D eigenvalue weighted by molar-refractivity contribution is 7.99. The topological polar surface area (TPSA) is 24.9 Å². The molecule has 0 amide bonds. The number of benzene rings is 1. The van der Waals surface area contributed by atoms with Crippen molar-refractivity contribution in [3.8, 4) is 0 Å². The third kappa shape index (κ3) is 6.32. The highest BCUT2D eigenvalue weighted by Gasteiger charge is 2.08. The maximum absolute atomic E-state index is 4.04. The number of aryl methyl sites for hydroxylation is 1. The Balaban J connectivity index is 1.77. The lowest BCUT2D eigenvalue weighted by atomic mass is 10.1. The van der Waals surface area contributed by atoms with Crippen molar-refractivity contribution in [3.63, 3.8) is 0 Å². The smallest absolute Gasteiger partial charge is 0.0270 e. The zero-order valence-electron chi connectivity index (χ0n) is 13.1. The number of aromatic nitrogens is 1. The van der Waals surface area contributed by atoms with Gasteiger partial charge in [0, 0.05) is 35.1 Å². The van der Waals surface area contributed by atoms with Crippen LogP contribution in [0.4, 0.5) is 0 Å². The predicted octanol–water partition coefficient (Wildman–Crippen LogP) is 4.30. The van der Waals surface area contributed by atoms with E-state index in [2.05, 4.69) is 67.5 Å². The van der Waals surface area contributed by atoms with Crippen LogP contribution in [0.1, 0.15) is 31.9 Å². The van der Waals surface area contributed by atoms with E-state index in [1.807, 2.05) is 24.2 Å². The summed E-state index contributed by atoms with van der Waals surface area (Å²) in [5.74, 6) is 1.10. The van der Waals surface area contributed by atoms with E-state index in [9.17, 15) is 0 Å². The molecule has 0 unspecified atom stereocenters. The number of pyridine rings is 1. The number of nitrogens with zero attached hydrogens (tertiary/aromatic N) is 1. The van der Waals surface area contributed by atoms with Crippen molar-refractivity contribution in [2.75, 3.05) is 5.75 Å². The minimum Gasteiger partial charge on any atom is -0.308 e. The van der Waals surface area contributed by atoms with Crippen LogP contribution in [0.5, 0.6) is 0 Å². The average molecular weight is 300 g/mol. The Morgan fingerprint density at radius 2 is 1.62 bits per heavy atom. The van der Waals surface area contributed by atoms with E-state index >= 15 is 0 Å². The standard InChI is InChI=1S/C18H24N2S/c1-18(2,3)20-14-16-4-6-17(7-5-16)21-13-10-15-8-11-19-12-9-15/h4-9,11-12,20H,10,13-14H2,1-3H3. The molecule has 0 radical (unpaired) electrons. The Kier molecular flexibility index (Phi) is 5.83. The number of hydrogen-bond acceptors (Lipinski definition) is 3. The van der Waals surface area contributed by atoms with Crippen molar-refractivity contribution in [3.05, 3.63) is 59.9 Å². The highest BCUT2D eigenvalue weighted by atomic mass is 32.2. The van der Waals surface area contributed by atoms with E-state index in [1.165, 1.54) is 16.0 Å². The molecular formula is C18H24N2S. The maximum Gasteiger partial charge on any atom is 0.0270 e. The minimum atomic E-state index is 0.165. The van der Waals surface area contributed by atoms with E-state index in [0.29, 0.717) is 0 Å². The molecule has 112 valence electrons. The zero-order chi connectivity index (χ0) is 15.1. The summed E-state index contributed by atoms with van der Waals surface area (Å²) in [6, 6.07) is 13.0. The van der Waals surface area contributed by atoms with E-state index in [4.69, 9.17) is 0 Å². The first-order chi connectivity index (χ1) is 10.0. The average Bonchev–Trinajstić information content (AvgIpc) is 2.47. The molecule has 1 aromatic heterocycles. The zero-order valence-corrected chi connectivity index (χ0v) is 13.9. The van der Waals surface area contributed by atoms with Crippen LogP contribution in [0.25, 0.3) is 0 Å². The highest BCUT2D eigenvalue weighted by Crippen LogP contribution is 2.20. The van der Waals surface area contributed by atoms with E-state index in [0.717, 1.165) is 18.7 Å². The van der Waals surface area contributed by atoms with Crippen molar-refractivity contribution >= 4 is 11.8 Å². The molecule has 1 N–H and O–H groups in total. The molecule has 0 saturated carbocycles. The number of hydrogen-bond donors (Lipinski definition) is 1. The van der Waals surface area contributed by atoms with Crippen molar-refractivity contribution in [2.45, 2.75) is 44.2 Å². The molecule has 0 fully saturated rings. The fraction of sp³-hybridized carbons (Fsp3) is 0.389. The summed E-state index contributed by atoms with van der Waals surface area (Å²) in [5, 5.41) is 3.51. The summed E-state index contributed by atoms with van der Waals surface area (Å²) in [6.07, 6.45) is 4.80. The molecule has 0 aliphatic heterocycles. The lowest BCUT2D eigenvalue weighted by Gasteiger charge is -2.20. The first-order valence-electron chi connectivity index (χ1n) is 7.39. The van der Waals surface area contributed by atoms with Gasteiger partial charge in [0.05, 0.1) is 0 Å². The van der Waals surface area contributed by atoms with Crippen molar-refractivity contribution in [2.24, 2.45) is 0 Å².